The fraction of sp³-hybridized carbons (Fsp3) is 0.667. The maximum absolute atomic E-state index is 4.84. The van der Waals surface area contributed by atoms with E-state index in [2.05, 4.69) is 66.7 Å². The van der Waals surface area contributed by atoms with Crippen LogP contribution in [0.3, 0.4) is 0 Å². The smallest absolute Gasteiger partial charge is 0.128 e. The van der Waals surface area contributed by atoms with Crippen LogP contribution in [0.1, 0.15) is 158 Å². The molecule has 0 saturated carbocycles. The lowest BCUT2D eigenvalue weighted by Crippen LogP contribution is -2.15. The van der Waals surface area contributed by atoms with E-state index >= 15 is 0 Å². The first kappa shape index (κ1) is 45.7. The molecule has 0 bridgehead atoms. The van der Waals surface area contributed by atoms with Gasteiger partial charge < -0.3 is 10.6 Å². The lowest BCUT2D eigenvalue weighted by molar-refractivity contribution is 0.604. The highest BCUT2D eigenvalue weighted by atomic mass is 15.0. The molecule has 5 nitrogen and oxygen atoms in total. The molecule has 0 amide bonds. The van der Waals surface area contributed by atoms with E-state index in [1.165, 1.54) is 75.5 Å². The summed E-state index contributed by atoms with van der Waals surface area (Å²) in [6.07, 6.45) is 27.9. The highest BCUT2D eigenvalue weighted by molar-refractivity contribution is 5.95. The standard InChI is InChI=1S/C20H34N2.C13H21N3.3C2H6/c1-4-6-7-8-9-10-11-12-15-19-16-13-14-18(3)20(22-19)21-17-5-2;1-3-4-5-9-14-12(2)7-8-13-15-10-6-11-16-13;3*1-2/h4,13,16,21H,1,5-12,14-15,17H2,2-3H3;6,10-11,14H,2-5,7-9H2,1H3;3*1-2H3. The van der Waals surface area contributed by atoms with Gasteiger partial charge in [-0.1, -0.05) is 113 Å². The first-order chi connectivity index (χ1) is 21.6. The van der Waals surface area contributed by atoms with Gasteiger partial charge in [-0.3, -0.25) is 0 Å². The van der Waals surface area contributed by atoms with Gasteiger partial charge in [-0.2, -0.15) is 0 Å². The Bertz CT molecular complexity index is 839. The molecule has 0 aliphatic carbocycles. The Morgan fingerprint density at radius 2 is 1.45 bits per heavy atom. The minimum absolute atomic E-state index is 0.862. The molecule has 0 fully saturated rings. The zero-order valence-electron chi connectivity index (χ0n) is 30.7. The van der Waals surface area contributed by atoms with E-state index in [1.807, 2.05) is 53.7 Å². The topological polar surface area (TPSA) is 62.2 Å². The summed E-state index contributed by atoms with van der Waals surface area (Å²) in [6.45, 7) is 28.4. The maximum Gasteiger partial charge on any atom is 0.128 e. The summed E-state index contributed by atoms with van der Waals surface area (Å²) in [4.78, 5) is 13.2. The van der Waals surface area contributed by atoms with Crippen molar-refractivity contribution in [2.75, 3.05) is 13.1 Å². The van der Waals surface area contributed by atoms with Crippen molar-refractivity contribution in [2.24, 2.45) is 4.99 Å². The fourth-order valence-electron chi connectivity index (χ4n) is 4.07. The SMILES string of the molecule is C=C(CCc1ncccn1)NCCCCC.C=CCCCCCCCCC1=NC(NCCC)=C(C)CC=C1.CC.CC.CC. The van der Waals surface area contributed by atoms with Crippen LogP contribution < -0.4 is 10.6 Å². The van der Waals surface area contributed by atoms with Gasteiger partial charge in [0.05, 0.1) is 0 Å². The molecule has 0 unspecified atom stereocenters. The van der Waals surface area contributed by atoms with Crippen LogP contribution in [0.25, 0.3) is 0 Å². The van der Waals surface area contributed by atoms with E-state index in [4.69, 9.17) is 4.99 Å². The molecule has 2 N–H and O–H groups in total. The zero-order chi connectivity index (χ0) is 33.7. The van der Waals surface area contributed by atoms with Crippen LogP contribution in [0.5, 0.6) is 0 Å². The third-order valence-corrected chi connectivity index (χ3v) is 6.45. The second-order valence-corrected chi connectivity index (χ2v) is 10.1. The molecule has 1 aliphatic heterocycles. The van der Waals surface area contributed by atoms with Crippen molar-refractivity contribution in [3.63, 3.8) is 0 Å². The van der Waals surface area contributed by atoms with Gasteiger partial charge in [0, 0.05) is 43.3 Å². The average molecular weight is 612 g/mol. The lowest BCUT2D eigenvalue weighted by Gasteiger charge is -2.09. The van der Waals surface area contributed by atoms with E-state index < -0.39 is 0 Å². The molecule has 5 heteroatoms. The van der Waals surface area contributed by atoms with Crippen LogP contribution in [0, 0.1) is 0 Å². The predicted molar refractivity (Wildman–Crippen MR) is 200 cm³/mol. The van der Waals surface area contributed by atoms with Crippen LogP contribution in [-0.2, 0) is 6.42 Å². The summed E-state index contributed by atoms with van der Waals surface area (Å²) in [5.41, 5.74) is 3.67. The molecule has 0 radical (unpaired) electrons. The Kier molecular flexibility index (Phi) is 39.8. The number of hydrogen-bond donors (Lipinski definition) is 2. The third-order valence-electron chi connectivity index (χ3n) is 6.45. The quantitative estimate of drug-likeness (QED) is 0.114. The number of aromatic nitrogens is 2. The molecular weight excluding hydrogens is 538 g/mol. The normalized spacial score (nSPS) is 11.4. The summed E-state index contributed by atoms with van der Waals surface area (Å²) in [6, 6.07) is 1.83. The molecule has 44 heavy (non-hydrogen) atoms. The molecule has 254 valence electrons. The number of aryl methyl sites for hydroxylation is 1. The number of unbranched alkanes of at least 4 members (excludes halogenated alkanes) is 8. The summed E-state index contributed by atoms with van der Waals surface area (Å²) >= 11 is 0. The molecule has 1 aromatic rings. The predicted octanol–water partition coefficient (Wildman–Crippen LogP) is 11.7. The summed E-state index contributed by atoms with van der Waals surface area (Å²) < 4.78 is 0. The van der Waals surface area contributed by atoms with Gasteiger partial charge >= 0.3 is 0 Å². The lowest BCUT2D eigenvalue weighted by atomic mass is 10.1. The number of allylic oxidation sites excluding steroid dienone is 5. The van der Waals surface area contributed by atoms with Gasteiger partial charge in [0.25, 0.3) is 0 Å². The monoisotopic (exact) mass is 612 g/mol. The number of nitrogens with one attached hydrogen (secondary N) is 2. The highest BCUT2D eigenvalue weighted by Crippen LogP contribution is 2.16. The zero-order valence-corrected chi connectivity index (χ0v) is 30.7. The van der Waals surface area contributed by atoms with E-state index in [0.717, 1.165) is 62.5 Å². The Balaban J connectivity index is -0.000000674. The van der Waals surface area contributed by atoms with Crippen LogP contribution >= 0.6 is 0 Å². The largest absolute Gasteiger partial charge is 0.389 e. The molecular formula is C39H73N5. The first-order valence-electron chi connectivity index (χ1n) is 18.1. The average Bonchev–Trinajstić information content (AvgIpc) is 3.26. The van der Waals surface area contributed by atoms with Crippen molar-refractivity contribution >= 4 is 5.71 Å². The van der Waals surface area contributed by atoms with Crippen molar-refractivity contribution in [3.8, 4) is 0 Å². The minimum Gasteiger partial charge on any atom is -0.389 e. The molecule has 2 heterocycles. The molecule has 0 aromatic carbocycles. The van der Waals surface area contributed by atoms with E-state index in [-0.39, 0.29) is 0 Å². The Labute approximate surface area is 275 Å². The number of rotatable bonds is 20. The van der Waals surface area contributed by atoms with Gasteiger partial charge in [0.1, 0.15) is 11.6 Å². The molecule has 1 aromatic heterocycles. The van der Waals surface area contributed by atoms with Crippen molar-refractivity contribution in [1.82, 2.24) is 20.6 Å². The number of aliphatic imine (C=N–C) groups is 1. The summed E-state index contributed by atoms with van der Waals surface area (Å²) in [5.74, 6) is 1.99. The van der Waals surface area contributed by atoms with Crippen molar-refractivity contribution in [2.45, 2.75) is 159 Å². The van der Waals surface area contributed by atoms with Crippen LogP contribution in [0.4, 0.5) is 0 Å². The number of hydrogen-bond acceptors (Lipinski definition) is 5. The van der Waals surface area contributed by atoms with E-state index in [1.54, 1.807) is 12.4 Å². The van der Waals surface area contributed by atoms with E-state index in [0.29, 0.717) is 0 Å². The second kappa shape index (κ2) is 38.3. The first-order valence-corrected chi connectivity index (χ1v) is 18.1. The van der Waals surface area contributed by atoms with Crippen LogP contribution in [0.15, 0.2) is 71.9 Å². The molecule has 1 aliphatic rings. The van der Waals surface area contributed by atoms with E-state index in [9.17, 15) is 0 Å². The maximum atomic E-state index is 4.84. The highest BCUT2D eigenvalue weighted by Gasteiger charge is 2.06. The summed E-state index contributed by atoms with van der Waals surface area (Å²) in [7, 11) is 0. The van der Waals surface area contributed by atoms with Crippen molar-refractivity contribution < 1.29 is 0 Å². The van der Waals surface area contributed by atoms with Crippen molar-refractivity contribution in [3.05, 3.63) is 72.8 Å². The van der Waals surface area contributed by atoms with Gasteiger partial charge in [-0.25, -0.2) is 15.0 Å². The van der Waals surface area contributed by atoms with Gasteiger partial charge in [0.15, 0.2) is 0 Å². The summed E-state index contributed by atoms with van der Waals surface area (Å²) in [5, 5.41) is 6.80. The minimum atomic E-state index is 0.862. The van der Waals surface area contributed by atoms with Crippen LogP contribution in [-0.4, -0.2) is 28.8 Å². The fourth-order valence-corrected chi connectivity index (χ4v) is 4.07. The number of nitrogens with zero attached hydrogens (tertiary/aromatic N) is 3. The second-order valence-electron chi connectivity index (χ2n) is 10.1. The van der Waals surface area contributed by atoms with Crippen LogP contribution in [0.2, 0.25) is 0 Å². The Morgan fingerprint density at radius 3 is 2.07 bits per heavy atom. The van der Waals surface area contributed by atoms with Crippen molar-refractivity contribution in [1.29, 1.82) is 0 Å². The molecule has 2 rings (SSSR count). The molecule has 0 spiro atoms. The Morgan fingerprint density at radius 1 is 0.818 bits per heavy atom. The molecule has 0 saturated heterocycles. The molecule has 0 atom stereocenters. The van der Waals surface area contributed by atoms with Gasteiger partial charge in [0.2, 0.25) is 0 Å². The third kappa shape index (κ3) is 29.4. The Hall–Kier alpha value is -2.69. The van der Waals surface area contributed by atoms with Gasteiger partial charge in [-0.05, 0) is 76.0 Å². The van der Waals surface area contributed by atoms with Gasteiger partial charge in [-0.15, -0.1) is 6.58 Å².